The highest BCUT2D eigenvalue weighted by atomic mass is 19.2. The molecule has 0 aliphatic carbocycles. The van der Waals surface area contributed by atoms with E-state index in [-0.39, 0.29) is 35.0 Å². The van der Waals surface area contributed by atoms with Gasteiger partial charge in [0.1, 0.15) is 6.61 Å². The molecule has 0 radical (unpaired) electrons. The van der Waals surface area contributed by atoms with Crippen molar-refractivity contribution in [3.63, 3.8) is 0 Å². The Kier molecular flexibility index (Phi) is 7.89. The smallest absolute Gasteiger partial charge is 0.201 e. The molecule has 1 aliphatic heterocycles. The molecule has 4 rings (SSSR count). The van der Waals surface area contributed by atoms with Crippen molar-refractivity contribution in [2.45, 2.75) is 6.29 Å². The summed E-state index contributed by atoms with van der Waals surface area (Å²) in [7, 11) is 0. The van der Waals surface area contributed by atoms with Gasteiger partial charge in [-0.15, -0.1) is 0 Å². The summed E-state index contributed by atoms with van der Waals surface area (Å²) in [5, 5.41) is 0. The molecule has 0 amide bonds. The normalized spacial score (nSPS) is 17.1. The lowest BCUT2D eigenvalue weighted by Gasteiger charge is -2.24. The Morgan fingerprint density at radius 1 is 0.806 bits per heavy atom. The highest BCUT2D eigenvalue weighted by Crippen LogP contribution is 2.32. The molecule has 0 saturated carbocycles. The minimum atomic E-state index is -1.12. The van der Waals surface area contributed by atoms with Crippen LogP contribution in [0.3, 0.4) is 0 Å². The Balaban J connectivity index is 1.54. The lowest BCUT2D eigenvalue weighted by molar-refractivity contribution is -0.164. The Bertz CT molecular complexity index is 1330. The number of ether oxygens (including phenoxy) is 3. The summed E-state index contributed by atoms with van der Waals surface area (Å²) in [5.41, 5.74) is 0.672. The van der Waals surface area contributed by atoms with Crippen molar-refractivity contribution in [1.29, 1.82) is 0 Å². The zero-order valence-electron chi connectivity index (χ0n) is 19.2. The van der Waals surface area contributed by atoms with Crippen molar-refractivity contribution in [1.82, 2.24) is 0 Å². The standard InChI is InChI=1S/C29H22F4O3/c1-3-15-34-24-14-13-23(28(32)29(24)33)20-9-7-19(8-10-20)22-12-11-21(26(30)27(22)31)6-5-18-16-35-25(4-2)36-17-18/h3-4,7-14,18,25H,1-2,15-17H2. The molecular weight excluding hydrogens is 472 g/mol. The highest BCUT2D eigenvalue weighted by molar-refractivity contribution is 5.72. The molecule has 0 aromatic heterocycles. The molecule has 0 bridgehead atoms. The van der Waals surface area contributed by atoms with Crippen molar-refractivity contribution >= 4 is 0 Å². The average molecular weight is 494 g/mol. The van der Waals surface area contributed by atoms with Crippen LogP contribution in [0, 0.1) is 41.0 Å². The summed E-state index contributed by atoms with van der Waals surface area (Å²) in [6, 6.07) is 11.5. The number of rotatable bonds is 6. The summed E-state index contributed by atoms with van der Waals surface area (Å²) < 4.78 is 74.3. The van der Waals surface area contributed by atoms with E-state index in [4.69, 9.17) is 14.2 Å². The second-order valence-corrected chi connectivity index (χ2v) is 7.94. The number of halogens is 4. The van der Waals surface area contributed by atoms with E-state index in [1.807, 2.05) is 0 Å². The molecule has 1 aliphatic rings. The van der Waals surface area contributed by atoms with E-state index in [2.05, 4.69) is 25.0 Å². The van der Waals surface area contributed by atoms with Crippen LogP contribution in [0.15, 0.2) is 73.8 Å². The third-order valence-corrected chi connectivity index (χ3v) is 5.52. The minimum Gasteiger partial charge on any atom is -0.486 e. The molecule has 3 aromatic carbocycles. The summed E-state index contributed by atoms with van der Waals surface area (Å²) in [6.45, 7) is 7.68. The van der Waals surface area contributed by atoms with Crippen LogP contribution in [0.5, 0.6) is 5.75 Å². The molecule has 1 heterocycles. The van der Waals surface area contributed by atoms with E-state index in [1.165, 1.54) is 60.7 Å². The third-order valence-electron chi connectivity index (χ3n) is 5.52. The van der Waals surface area contributed by atoms with Gasteiger partial charge < -0.3 is 14.2 Å². The fourth-order valence-electron chi connectivity index (χ4n) is 3.63. The maximum Gasteiger partial charge on any atom is 0.201 e. The van der Waals surface area contributed by atoms with Gasteiger partial charge in [0.15, 0.2) is 29.5 Å². The zero-order valence-corrected chi connectivity index (χ0v) is 19.2. The van der Waals surface area contributed by atoms with Crippen LogP contribution in [-0.2, 0) is 9.47 Å². The Morgan fingerprint density at radius 3 is 1.97 bits per heavy atom. The Morgan fingerprint density at radius 2 is 1.39 bits per heavy atom. The number of hydrogen-bond acceptors (Lipinski definition) is 3. The van der Waals surface area contributed by atoms with Gasteiger partial charge in [0.05, 0.1) is 24.7 Å². The largest absolute Gasteiger partial charge is 0.486 e. The van der Waals surface area contributed by atoms with E-state index in [1.54, 1.807) is 0 Å². The van der Waals surface area contributed by atoms with Crippen LogP contribution < -0.4 is 4.74 Å². The molecule has 0 unspecified atom stereocenters. The molecule has 0 spiro atoms. The molecule has 3 aromatic rings. The predicted molar refractivity (Wildman–Crippen MR) is 129 cm³/mol. The zero-order chi connectivity index (χ0) is 25.7. The van der Waals surface area contributed by atoms with Gasteiger partial charge in [-0.3, -0.25) is 0 Å². The van der Waals surface area contributed by atoms with Crippen LogP contribution in [0.25, 0.3) is 22.3 Å². The second-order valence-electron chi connectivity index (χ2n) is 7.94. The fourth-order valence-corrected chi connectivity index (χ4v) is 3.63. The van der Waals surface area contributed by atoms with Gasteiger partial charge in [0.25, 0.3) is 0 Å². The van der Waals surface area contributed by atoms with Gasteiger partial charge in [-0.1, -0.05) is 55.3 Å². The summed E-state index contributed by atoms with van der Waals surface area (Å²) in [4.78, 5) is 0. The van der Waals surface area contributed by atoms with Crippen LogP contribution in [0.1, 0.15) is 5.56 Å². The molecule has 36 heavy (non-hydrogen) atoms. The van der Waals surface area contributed by atoms with E-state index in [0.29, 0.717) is 24.3 Å². The fraction of sp³-hybridized carbons (Fsp3) is 0.172. The Hall–Kier alpha value is -3.86. The second kappa shape index (κ2) is 11.3. The predicted octanol–water partition coefficient (Wildman–Crippen LogP) is 6.67. The summed E-state index contributed by atoms with van der Waals surface area (Å²) in [5.74, 6) is 0.673. The van der Waals surface area contributed by atoms with Crippen molar-refractivity contribution in [3.05, 3.63) is 103 Å². The number of benzene rings is 3. The number of hydrogen-bond donors (Lipinski definition) is 0. The Labute approximate surface area is 206 Å². The lowest BCUT2D eigenvalue weighted by atomic mass is 9.98. The maximum absolute atomic E-state index is 14.9. The summed E-state index contributed by atoms with van der Waals surface area (Å²) >= 11 is 0. The van der Waals surface area contributed by atoms with Crippen LogP contribution in [-0.4, -0.2) is 26.1 Å². The van der Waals surface area contributed by atoms with Gasteiger partial charge in [-0.2, -0.15) is 4.39 Å². The van der Waals surface area contributed by atoms with Crippen LogP contribution in [0.4, 0.5) is 17.6 Å². The molecule has 184 valence electrons. The van der Waals surface area contributed by atoms with E-state index >= 15 is 0 Å². The van der Waals surface area contributed by atoms with Crippen molar-refractivity contribution < 1.29 is 31.8 Å². The molecule has 1 fully saturated rings. The highest BCUT2D eigenvalue weighted by Gasteiger charge is 2.19. The minimum absolute atomic E-state index is 0.0114. The van der Waals surface area contributed by atoms with Crippen molar-refractivity contribution in [3.8, 4) is 39.8 Å². The van der Waals surface area contributed by atoms with E-state index < -0.39 is 29.6 Å². The van der Waals surface area contributed by atoms with E-state index in [9.17, 15) is 17.6 Å². The summed E-state index contributed by atoms with van der Waals surface area (Å²) in [6.07, 6.45) is 2.45. The van der Waals surface area contributed by atoms with Crippen molar-refractivity contribution in [2.24, 2.45) is 5.92 Å². The first-order valence-electron chi connectivity index (χ1n) is 11.1. The third kappa shape index (κ3) is 5.35. The molecule has 0 N–H and O–H groups in total. The SMILES string of the molecule is C=CCOc1ccc(-c2ccc(-c3ccc(C#CC4COC(C=C)OC4)c(F)c3F)cc2)c(F)c1F. The molecule has 3 nitrogen and oxygen atoms in total. The topological polar surface area (TPSA) is 27.7 Å². The van der Waals surface area contributed by atoms with E-state index in [0.717, 1.165) is 0 Å². The van der Waals surface area contributed by atoms with Crippen LogP contribution >= 0.6 is 0 Å². The van der Waals surface area contributed by atoms with Gasteiger partial charge >= 0.3 is 0 Å². The van der Waals surface area contributed by atoms with Crippen LogP contribution in [0.2, 0.25) is 0 Å². The average Bonchev–Trinajstić information content (AvgIpc) is 2.91. The maximum atomic E-state index is 14.9. The van der Waals surface area contributed by atoms with Gasteiger partial charge in [-0.05, 0) is 41.5 Å². The first-order chi connectivity index (χ1) is 17.4. The van der Waals surface area contributed by atoms with Gasteiger partial charge in [0, 0.05) is 11.1 Å². The molecule has 7 heteroatoms. The monoisotopic (exact) mass is 494 g/mol. The van der Waals surface area contributed by atoms with Gasteiger partial charge in [0.2, 0.25) is 5.82 Å². The molecule has 0 atom stereocenters. The van der Waals surface area contributed by atoms with Crippen molar-refractivity contribution in [2.75, 3.05) is 19.8 Å². The first-order valence-corrected chi connectivity index (χ1v) is 11.1. The lowest BCUT2D eigenvalue weighted by Crippen LogP contribution is -2.29. The van der Waals surface area contributed by atoms with Gasteiger partial charge in [-0.25, -0.2) is 13.2 Å². The first kappa shape index (κ1) is 25.2. The molecular formula is C29H22F4O3. The quantitative estimate of drug-likeness (QED) is 0.218. The molecule has 1 saturated heterocycles.